The Morgan fingerprint density at radius 2 is 2.21 bits per heavy atom. The summed E-state index contributed by atoms with van der Waals surface area (Å²) in [6.07, 6.45) is 3.67. The van der Waals surface area contributed by atoms with Crippen molar-refractivity contribution in [2.45, 2.75) is 31.9 Å². The van der Waals surface area contributed by atoms with E-state index in [-0.39, 0.29) is 28.3 Å². The van der Waals surface area contributed by atoms with E-state index in [0.29, 0.717) is 11.5 Å². The van der Waals surface area contributed by atoms with Crippen LogP contribution in [0.5, 0.6) is 5.75 Å². The highest BCUT2D eigenvalue weighted by Gasteiger charge is 2.46. The molecule has 3 aliphatic heterocycles. The molecule has 0 amide bonds. The van der Waals surface area contributed by atoms with Gasteiger partial charge in [0.1, 0.15) is 5.75 Å². The molecule has 3 aliphatic rings. The van der Waals surface area contributed by atoms with Crippen LogP contribution in [-0.2, 0) is 20.7 Å². The molecule has 0 aliphatic carbocycles. The van der Waals surface area contributed by atoms with Crippen LogP contribution in [0.15, 0.2) is 30.0 Å². The first-order chi connectivity index (χ1) is 13.6. The molecule has 1 N–H and O–H groups in total. The monoisotopic (exact) mass is 388 g/mol. The number of esters is 1. The Kier molecular flexibility index (Phi) is 4.12. The van der Waals surface area contributed by atoms with Crippen LogP contribution in [0.3, 0.4) is 0 Å². The first kappa shape index (κ1) is 17.6. The molecule has 28 heavy (non-hydrogen) atoms. The Morgan fingerprint density at radius 1 is 1.36 bits per heavy atom. The van der Waals surface area contributed by atoms with E-state index in [0.717, 1.165) is 37.2 Å². The van der Waals surface area contributed by atoms with Gasteiger partial charge in [0.2, 0.25) is 0 Å². The molecule has 0 radical (unpaired) electrons. The Labute approximate surface area is 168 Å². The Hall–Kier alpha value is -2.47. The van der Waals surface area contributed by atoms with Crippen LogP contribution in [0.1, 0.15) is 34.9 Å². The molecule has 3 unspecified atom stereocenters. The van der Waals surface area contributed by atoms with E-state index in [9.17, 15) is 4.79 Å². The second-order valence-electron chi connectivity index (χ2n) is 8.10. The second kappa shape index (κ2) is 6.55. The summed E-state index contributed by atoms with van der Waals surface area (Å²) in [7, 11) is 3.13. The van der Waals surface area contributed by atoms with Gasteiger partial charge in [-0.3, -0.25) is 4.90 Å². The minimum atomic E-state index is -0.271. The third kappa shape index (κ3) is 2.54. The number of nitrogens with one attached hydrogen (secondary N) is 1. The first-order valence-corrected chi connectivity index (χ1v) is 9.97. The number of carbonyl (C=O) groups excluding carboxylic acids is 1. The highest BCUT2D eigenvalue weighted by atomic mass is 16.5. The normalized spacial score (nSPS) is 29.2. The van der Waals surface area contributed by atoms with Crippen molar-refractivity contribution in [3.63, 3.8) is 0 Å². The molecule has 0 saturated carbocycles. The topological polar surface area (TPSA) is 63.8 Å². The van der Waals surface area contributed by atoms with E-state index in [1.165, 1.54) is 23.8 Å². The molecule has 1 aromatic heterocycles. The standard InChI is InChI=1S/C22H26N2O4.3H2/c1-12-17-10-24-7-6-15-14-5-4-13(26-2)8-19(14)23-21(15)20(24)9-16(17)18(11-28-12)22(25)27-3;;;/h4-5,8,11-12,16-17,20,23H,6-7,9-10H2,1-3H3;3*1H/t12-,16?,17?,20?;;;/m1.../s1. The van der Waals surface area contributed by atoms with Crippen molar-refractivity contribution in [2.75, 3.05) is 27.3 Å². The number of H-pyrrole nitrogens is 1. The van der Waals surface area contributed by atoms with E-state index in [1.54, 1.807) is 13.4 Å². The molecular formula is C22H32N2O4. The van der Waals surface area contributed by atoms with Gasteiger partial charge in [-0.15, -0.1) is 0 Å². The highest BCUT2D eigenvalue weighted by molar-refractivity contribution is 5.89. The number of piperidine rings is 1. The van der Waals surface area contributed by atoms with Gasteiger partial charge >= 0.3 is 5.97 Å². The van der Waals surface area contributed by atoms with Crippen molar-refractivity contribution in [3.05, 3.63) is 41.3 Å². The average molecular weight is 389 g/mol. The number of benzene rings is 1. The summed E-state index contributed by atoms with van der Waals surface area (Å²) in [4.78, 5) is 18.6. The van der Waals surface area contributed by atoms with E-state index >= 15 is 0 Å². The van der Waals surface area contributed by atoms with Crippen LogP contribution in [0.2, 0.25) is 0 Å². The lowest BCUT2D eigenvalue weighted by molar-refractivity contribution is -0.139. The van der Waals surface area contributed by atoms with Crippen LogP contribution in [0.4, 0.5) is 0 Å². The predicted octanol–water partition coefficient (Wildman–Crippen LogP) is 3.93. The van der Waals surface area contributed by atoms with Crippen LogP contribution in [-0.4, -0.2) is 49.3 Å². The van der Waals surface area contributed by atoms with Crippen molar-refractivity contribution in [1.29, 1.82) is 0 Å². The summed E-state index contributed by atoms with van der Waals surface area (Å²) in [5.74, 6) is 1.05. The zero-order chi connectivity index (χ0) is 19.4. The van der Waals surface area contributed by atoms with Gasteiger partial charge < -0.3 is 19.2 Å². The summed E-state index contributed by atoms with van der Waals surface area (Å²) in [6, 6.07) is 6.53. The third-order valence-electron chi connectivity index (χ3n) is 6.84. The molecule has 1 saturated heterocycles. The molecule has 154 valence electrons. The molecule has 6 heteroatoms. The number of nitrogens with zero attached hydrogens (tertiary/aromatic N) is 1. The third-order valence-corrected chi connectivity index (χ3v) is 6.84. The molecule has 0 spiro atoms. The average Bonchev–Trinajstić information content (AvgIpc) is 3.10. The van der Waals surface area contributed by atoms with Gasteiger partial charge in [-0.2, -0.15) is 0 Å². The molecule has 2 aromatic rings. The largest absolute Gasteiger partial charge is 0.497 e. The van der Waals surface area contributed by atoms with Crippen molar-refractivity contribution >= 4 is 16.9 Å². The van der Waals surface area contributed by atoms with E-state index < -0.39 is 0 Å². The number of hydrogen-bond acceptors (Lipinski definition) is 5. The molecular weight excluding hydrogens is 356 g/mol. The fraction of sp³-hybridized carbons (Fsp3) is 0.500. The number of ether oxygens (including phenoxy) is 3. The minimum Gasteiger partial charge on any atom is -0.497 e. The quantitative estimate of drug-likeness (QED) is 0.790. The first-order valence-electron chi connectivity index (χ1n) is 9.97. The number of aromatic nitrogens is 1. The van der Waals surface area contributed by atoms with E-state index in [2.05, 4.69) is 28.9 Å². The zero-order valence-corrected chi connectivity index (χ0v) is 16.5. The molecule has 4 atom stereocenters. The van der Waals surface area contributed by atoms with Crippen molar-refractivity contribution in [3.8, 4) is 5.75 Å². The number of rotatable bonds is 2. The minimum absolute atomic E-state index is 0. The number of fused-ring (bicyclic) bond motifs is 6. The van der Waals surface area contributed by atoms with Crippen LogP contribution in [0.25, 0.3) is 10.9 Å². The summed E-state index contributed by atoms with van der Waals surface area (Å²) < 4.78 is 16.2. The van der Waals surface area contributed by atoms with Gasteiger partial charge in [-0.25, -0.2) is 4.79 Å². The highest BCUT2D eigenvalue weighted by Crippen LogP contribution is 2.47. The summed E-state index contributed by atoms with van der Waals surface area (Å²) in [5.41, 5.74) is 4.49. The number of carbonyl (C=O) groups is 1. The van der Waals surface area contributed by atoms with Crippen molar-refractivity contribution < 1.29 is 23.3 Å². The SMILES string of the molecule is COC(=O)C1=CO[C@H](C)C2CN3CCc4c([nH]c5cc(OC)ccc45)C3CC12.[HH].[HH].[HH]. The van der Waals surface area contributed by atoms with Crippen molar-refractivity contribution in [2.24, 2.45) is 11.8 Å². The van der Waals surface area contributed by atoms with Crippen LogP contribution >= 0.6 is 0 Å². The Balaban J connectivity index is 0.00000114. The smallest absolute Gasteiger partial charge is 0.337 e. The summed E-state index contributed by atoms with van der Waals surface area (Å²) in [6.45, 7) is 4.07. The maximum Gasteiger partial charge on any atom is 0.337 e. The Morgan fingerprint density at radius 3 is 3.00 bits per heavy atom. The maximum atomic E-state index is 12.3. The van der Waals surface area contributed by atoms with E-state index in [1.807, 2.05) is 6.07 Å². The Bertz CT molecular complexity index is 977. The zero-order valence-electron chi connectivity index (χ0n) is 16.5. The number of hydrogen-bond donors (Lipinski definition) is 1. The molecule has 5 rings (SSSR count). The molecule has 6 nitrogen and oxygen atoms in total. The molecule has 4 heterocycles. The van der Waals surface area contributed by atoms with Crippen LogP contribution in [0, 0.1) is 11.8 Å². The molecule has 1 fully saturated rings. The fourth-order valence-electron chi connectivity index (χ4n) is 5.35. The van der Waals surface area contributed by atoms with Gasteiger partial charge in [0, 0.05) is 51.9 Å². The lowest BCUT2D eigenvalue weighted by Gasteiger charge is -2.49. The van der Waals surface area contributed by atoms with Gasteiger partial charge in [0.25, 0.3) is 0 Å². The van der Waals surface area contributed by atoms with Gasteiger partial charge in [-0.1, -0.05) is 0 Å². The fourth-order valence-corrected chi connectivity index (χ4v) is 5.35. The lowest BCUT2D eigenvalue weighted by atomic mass is 9.72. The van der Waals surface area contributed by atoms with Gasteiger partial charge in [0.15, 0.2) is 0 Å². The summed E-state index contributed by atoms with van der Waals surface area (Å²) >= 11 is 0. The van der Waals surface area contributed by atoms with Crippen molar-refractivity contribution in [1.82, 2.24) is 9.88 Å². The number of methoxy groups -OCH3 is 2. The van der Waals surface area contributed by atoms with Gasteiger partial charge in [0.05, 0.1) is 38.2 Å². The maximum absolute atomic E-state index is 12.3. The molecule has 0 bridgehead atoms. The molecule has 1 aromatic carbocycles. The lowest BCUT2D eigenvalue weighted by Crippen LogP contribution is -2.51. The number of aromatic amines is 1. The summed E-state index contributed by atoms with van der Waals surface area (Å²) in [5, 5.41) is 1.28. The second-order valence-corrected chi connectivity index (χ2v) is 8.10. The van der Waals surface area contributed by atoms with E-state index in [4.69, 9.17) is 14.2 Å². The predicted molar refractivity (Wildman–Crippen MR) is 111 cm³/mol. The van der Waals surface area contributed by atoms with Gasteiger partial charge in [-0.05, 0) is 37.5 Å². The van der Waals surface area contributed by atoms with Crippen LogP contribution < -0.4 is 4.74 Å².